The molecule has 1 aliphatic heterocycles. The molecular formula is C26H27N5O2S. The van der Waals surface area contributed by atoms with E-state index in [0.29, 0.717) is 29.7 Å². The number of hydrogen-bond donors (Lipinski definition) is 0. The Morgan fingerprint density at radius 3 is 2.47 bits per heavy atom. The zero-order valence-electron chi connectivity index (χ0n) is 19.1. The molecule has 2 aromatic heterocycles. The highest BCUT2D eigenvalue weighted by atomic mass is 32.2. The van der Waals surface area contributed by atoms with E-state index in [1.54, 1.807) is 0 Å². The molecule has 0 radical (unpaired) electrons. The third-order valence-corrected chi connectivity index (χ3v) is 7.00. The molecule has 0 spiro atoms. The van der Waals surface area contributed by atoms with Gasteiger partial charge in [0.05, 0.1) is 5.75 Å². The normalized spacial score (nSPS) is 14.4. The van der Waals surface area contributed by atoms with Crippen molar-refractivity contribution < 1.29 is 9.21 Å². The number of likely N-dealkylation sites (tertiary alicyclic amines) is 1. The van der Waals surface area contributed by atoms with Gasteiger partial charge in [-0.3, -0.25) is 9.36 Å². The average molecular weight is 474 g/mol. The predicted molar refractivity (Wildman–Crippen MR) is 131 cm³/mol. The molecule has 34 heavy (non-hydrogen) atoms. The Kier molecular flexibility index (Phi) is 6.76. The van der Waals surface area contributed by atoms with Crippen molar-refractivity contribution in [2.45, 2.75) is 37.1 Å². The van der Waals surface area contributed by atoms with E-state index in [9.17, 15) is 4.79 Å². The predicted octanol–water partition coefficient (Wildman–Crippen LogP) is 5.01. The number of amides is 1. The zero-order chi connectivity index (χ0) is 23.3. The lowest BCUT2D eigenvalue weighted by Gasteiger charge is -2.29. The molecule has 1 aliphatic rings. The number of piperidine rings is 1. The van der Waals surface area contributed by atoms with Crippen molar-refractivity contribution >= 4 is 17.7 Å². The summed E-state index contributed by atoms with van der Waals surface area (Å²) >= 11 is 1.50. The van der Waals surface area contributed by atoms with Gasteiger partial charge in [0, 0.05) is 25.2 Å². The van der Waals surface area contributed by atoms with Crippen LogP contribution in [0.2, 0.25) is 0 Å². The monoisotopic (exact) mass is 473 g/mol. The molecule has 174 valence electrons. The molecule has 0 aliphatic carbocycles. The highest BCUT2D eigenvalue weighted by Gasteiger charge is 2.24. The van der Waals surface area contributed by atoms with E-state index in [1.165, 1.54) is 23.6 Å². The molecule has 1 amide bonds. The zero-order valence-corrected chi connectivity index (χ0v) is 19.9. The Bertz CT molecular complexity index is 1230. The first-order valence-electron chi connectivity index (χ1n) is 11.6. The van der Waals surface area contributed by atoms with Crippen molar-refractivity contribution in [2.24, 2.45) is 5.92 Å². The number of carbonyl (C=O) groups is 1. The van der Waals surface area contributed by atoms with Gasteiger partial charge in [0.1, 0.15) is 12.1 Å². The summed E-state index contributed by atoms with van der Waals surface area (Å²) < 4.78 is 7.70. The fourth-order valence-electron chi connectivity index (χ4n) is 4.10. The van der Waals surface area contributed by atoms with Crippen LogP contribution < -0.4 is 0 Å². The van der Waals surface area contributed by atoms with Gasteiger partial charge in [0.2, 0.25) is 5.89 Å². The second kappa shape index (κ2) is 10.3. The van der Waals surface area contributed by atoms with Crippen molar-refractivity contribution in [1.82, 2.24) is 24.6 Å². The van der Waals surface area contributed by atoms with E-state index in [1.807, 2.05) is 53.4 Å². The summed E-state index contributed by atoms with van der Waals surface area (Å²) in [5.74, 6) is 2.45. The lowest BCUT2D eigenvalue weighted by atomic mass is 9.99. The van der Waals surface area contributed by atoms with Gasteiger partial charge in [0.25, 0.3) is 5.91 Å². The minimum Gasteiger partial charge on any atom is -0.447 e. The standard InChI is InChI=1S/C26H27N5O2S/c1-19-12-14-30(15-13-19)25(32)22-17-33-24(27-22)18-34-26-29-28-23(16-20-8-4-2-5-9-20)31(26)21-10-6-3-7-11-21/h2-11,17,19H,12-16,18H2,1H3. The van der Waals surface area contributed by atoms with Crippen LogP contribution >= 0.6 is 11.8 Å². The summed E-state index contributed by atoms with van der Waals surface area (Å²) in [5, 5.41) is 9.70. The molecule has 2 aromatic carbocycles. The van der Waals surface area contributed by atoms with Crippen LogP contribution in [0.25, 0.3) is 5.69 Å². The first-order valence-corrected chi connectivity index (χ1v) is 12.6. The third kappa shape index (κ3) is 5.07. The smallest absolute Gasteiger partial charge is 0.275 e. The van der Waals surface area contributed by atoms with E-state index in [0.717, 1.165) is 42.6 Å². The van der Waals surface area contributed by atoms with E-state index in [-0.39, 0.29) is 5.91 Å². The van der Waals surface area contributed by atoms with Crippen molar-refractivity contribution in [1.29, 1.82) is 0 Å². The molecule has 7 nitrogen and oxygen atoms in total. The average Bonchev–Trinajstić information content (AvgIpc) is 3.51. The lowest BCUT2D eigenvalue weighted by molar-refractivity contribution is 0.0691. The van der Waals surface area contributed by atoms with E-state index >= 15 is 0 Å². The van der Waals surface area contributed by atoms with E-state index in [2.05, 4.69) is 38.8 Å². The van der Waals surface area contributed by atoms with Crippen LogP contribution in [-0.4, -0.2) is 43.6 Å². The molecule has 1 fully saturated rings. The van der Waals surface area contributed by atoms with Gasteiger partial charge in [-0.25, -0.2) is 4.98 Å². The summed E-state index contributed by atoms with van der Waals surface area (Å²) in [7, 11) is 0. The van der Waals surface area contributed by atoms with Gasteiger partial charge in [-0.15, -0.1) is 10.2 Å². The van der Waals surface area contributed by atoms with Crippen LogP contribution in [0.15, 0.2) is 76.5 Å². The van der Waals surface area contributed by atoms with Crippen LogP contribution in [0.1, 0.15) is 47.5 Å². The lowest BCUT2D eigenvalue weighted by Crippen LogP contribution is -2.38. The number of thioether (sulfide) groups is 1. The Labute approximate surface area is 203 Å². The number of oxazole rings is 1. The number of hydrogen-bond acceptors (Lipinski definition) is 6. The van der Waals surface area contributed by atoms with E-state index < -0.39 is 0 Å². The highest BCUT2D eigenvalue weighted by Crippen LogP contribution is 2.26. The Hall–Kier alpha value is -3.39. The van der Waals surface area contributed by atoms with Crippen LogP contribution in [0.3, 0.4) is 0 Å². The van der Waals surface area contributed by atoms with Gasteiger partial charge in [0.15, 0.2) is 10.9 Å². The Balaban J connectivity index is 1.32. The number of nitrogens with zero attached hydrogens (tertiary/aromatic N) is 5. The topological polar surface area (TPSA) is 77.0 Å². The van der Waals surface area contributed by atoms with Gasteiger partial charge in [-0.05, 0) is 36.5 Å². The van der Waals surface area contributed by atoms with Crippen LogP contribution in [0.5, 0.6) is 0 Å². The molecule has 0 saturated carbocycles. The maximum absolute atomic E-state index is 12.8. The second-order valence-electron chi connectivity index (χ2n) is 8.62. The summed E-state index contributed by atoms with van der Waals surface area (Å²) in [4.78, 5) is 19.1. The minimum atomic E-state index is -0.0514. The third-order valence-electron chi connectivity index (χ3n) is 6.09. The van der Waals surface area contributed by atoms with Gasteiger partial charge in [-0.1, -0.05) is 67.2 Å². The molecular weight excluding hydrogens is 446 g/mol. The maximum Gasteiger partial charge on any atom is 0.275 e. The highest BCUT2D eigenvalue weighted by molar-refractivity contribution is 7.98. The SMILES string of the molecule is CC1CCN(C(=O)c2coc(CSc3nnc(Cc4ccccc4)n3-c3ccccc3)n2)CC1. The molecule has 5 rings (SSSR count). The number of rotatable bonds is 7. The summed E-state index contributed by atoms with van der Waals surface area (Å²) in [5.41, 5.74) is 2.55. The molecule has 1 saturated heterocycles. The molecule has 0 atom stereocenters. The molecule has 3 heterocycles. The van der Waals surface area contributed by atoms with E-state index in [4.69, 9.17) is 4.42 Å². The first-order chi connectivity index (χ1) is 16.7. The van der Waals surface area contributed by atoms with Crippen LogP contribution in [0, 0.1) is 5.92 Å². The second-order valence-corrected chi connectivity index (χ2v) is 9.56. The summed E-state index contributed by atoms with van der Waals surface area (Å²) in [6.07, 6.45) is 4.22. The Morgan fingerprint density at radius 2 is 1.74 bits per heavy atom. The minimum absolute atomic E-state index is 0.0514. The fourth-order valence-corrected chi connectivity index (χ4v) is 4.92. The van der Waals surface area contributed by atoms with Gasteiger partial charge < -0.3 is 9.32 Å². The largest absolute Gasteiger partial charge is 0.447 e. The Morgan fingerprint density at radius 1 is 1.03 bits per heavy atom. The summed E-state index contributed by atoms with van der Waals surface area (Å²) in [6.45, 7) is 3.79. The number of carbonyl (C=O) groups excluding carboxylic acids is 1. The van der Waals surface area contributed by atoms with Crippen molar-refractivity contribution in [3.05, 3.63) is 89.9 Å². The molecule has 0 unspecified atom stereocenters. The quantitative estimate of drug-likeness (QED) is 0.351. The van der Waals surface area contributed by atoms with Crippen LogP contribution in [-0.2, 0) is 12.2 Å². The number of benzene rings is 2. The fraction of sp³-hybridized carbons (Fsp3) is 0.308. The number of aromatic nitrogens is 4. The van der Waals surface area contributed by atoms with Crippen molar-refractivity contribution in [3.8, 4) is 5.69 Å². The van der Waals surface area contributed by atoms with Gasteiger partial charge >= 0.3 is 0 Å². The molecule has 0 N–H and O–H groups in total. The van der Waals surface area contributed by atoms with Crippen molar-refractivity contribution in [3.63, 3.8) is 0 Å². The molecule has 8 heteroatoms. The van der Waals surface area contributed by atoms with Gasteiger partial charge in [-0.2, -0.15) is 0 Å². The molecule has 0 bridgehead atoms. The molecule has 4 aromatic rings. The first kappa shape index (κ1) is 22.4. The van der Waals surface area contributed by atoms with Crippen LogP contribution in [0.4, 0.5) is 0 Å². The van der Waals surface area contributed by atoms with Crippen molar-refractivity contribution in [2.75, 3.05) is 13.1 Å². The maximum atomic E-state index is 12.8. The summed E-state index contributed by atoms with van der Waals surface area (Å²) in [6, 6.07) is 20.3. The number of para-hydroxylation sites is 1.